The Morgan fingerprint density at radius 1 is 1.05 bits per heavy atom. The minimum absolute atomic E-state index is 0.174. The van der Waals surface area contributed by atoms with Crippen molar-refractivity contribution in [3.63, 3.8) is 0 Å². The van der Waals surface area contributed by atoms with Gasteiger partial charge in [-0.25, -0.2) is 4.68 Å². The predicted molar refractivity (Wildman–Crippen MR) is 83.7 cm³/mol. The number of nitrogens with zero attached hydrogens (tertiary/aromatic N) is 3. The third-order valence-electron chi connectivity index (χ3n) is 2.96. The number of hydrogen-bond acceptors (Lipinski definition) is 2. The summed E-state index contributed by atoms with van der Waals surface area (Å²) in [6.07, 6.45) is 0. The van der Waals surface area contributed by atoms with Crippen LogP contribution in [0.15, 0.2) is 48.5 Å². The first-order valence-electron chi connectivity index (χ1n) is 5.89. The number of alkyl halides is 2. The molecule has 0 amide bonds. The standard InChI is InChI=1S/C14H11Br2N3/c15-14(16)11-5-3-4-10(8-11)9-19-13-7-2-1-6-12(13)17-18-19/h1-8,14H,9H2. The van der Waals surface area contributed by atoms with E-state index >= 15 is 0 Å². The number of benzene rings is 2. The summed E-state index contributed by atoms with van der Waals surface area (Å²) in [6.45, 7) is 0.723. The van der Waals surface area contributed by atoms with E-state index in [2.05, 4.69) is 66.4 Å². The number of hydrogen-bond donors (Lipinski definition) is 0. The van der Waals surface area contributed by atoms with Gasteiger partial charge < -0.3 is 0 Å². The Morgan fingerprint density at radius 2 is 1.89 bits per heavy atom. The lowest BCUT2D eigenvalue weighted by Crippen LogP contribution is -2.02. The highest BCUT2D eigenvalue weighted by atomic mass is 79.9. The number of aromatic nitrogens is 3. The second-order valence-corrected chi connectivity index (χ2v) is 7.34. The molecular formula is C14H11Br2N3. The van der Waals surface area contributed by atoms with E-state index in [-0.39, 0.29) is 3.74 Å². The zero-order valence-electron chi connectivity index (χ0n) is 10.0. The lowest BCUT2D eigenvalue weighted by Gasteiger charge is -2.06. The highest BCUT2D eigenvalue weighted by molar-refractivity contribution is 9.24. The van der Waals surface area contributed by atoms with Gasteiger partial charge in [0.05, 0.1) is 15.8 Å². The molecule has 2 aromatic carbocycles. The van der Waals surface area contributed by atoms with Gasteiger partial charge >= 0.3 is 0 Å². The third kappa shape index (κ3) is 2.72. The highest BCUT2D eigenvalue weighted by Crippen LogP contribution is 2.29. The van der Waals surface area contributed by atoms with E-state index in [1.54, 1.807) is 0 Å². The summed E-state index contributed by atoms with van der Waals surface area (Å²) in [5, 5.41) is 8.38. The fourth-order valence-corrected chi connectivity index (χ4v) is 2.60. The Kier molecular flexibility index (Phi) is 3.66. The first kappa shape index (κ1) is 12.8. The molecule has 0 saturated heterocycles. The van der Waals surface area contributed by atoms with Crippen molar-refractivity contribution in [3.05, 3.63) is 59.7 Å². The molecule has 0 saturated carbocycles. The third-order valence-corrected chi connectivity index (χ3v) is 4.01. The molecule has 0 N–H and O–H groups in total. The van der Waals surface area contributed by atoms with Gasteiger partial charge in [-0.15, -0.1) is 5.10 Å². The van der Waals surface area contributed by atoms with Crippen molar-refractivity contribution in [2.24, 2.45) is 0 Å². The Balaban J connectivity index is 1.95. The molecule has 3 rings (SSSR count). The van der Waals surface area contributed by atoms with Crippen molar-refractivity contribution in [2.75, 3.05) is 0 Å². The minimum Gasteiger partial charge on any atom is -0.240 e. The van der Waals surface area contributed by atoms with Gasteiger partial charge in [0.1, 0.15) is 5.52 Å². The number of para-hydroxylation sites is 1. The zero-order chi connectivity index (χ0) is 13.2. The van der Waals surface area contributed by atoms with Crippen LogP contribution in [0.3, 0.4) is 0 Å². The molecule has 96 valence electrons. The Hall–Kier alpha value is -1.20. The lowest BCUT2D eigenvalue weighted by molar-refractivity contribution is 0.669. The fraction of sp³-hybridized carbons (Fsp3) is 0.143. The molecule has 3 aromatic rings. The molecule has 3 nitrogen and oxygen atoms in total. The van der Waals surface area contributed by atoms with Gasteiger partial charge in [-0.05, 0) is 23.3 Å². The summed E-state index contributed by atoms with van der Waals surface area (Å²) in [7, 11) is 0. The maximum Gasteiger partial charge on any atom is 0.113 e. The van der Waals surface area contributed by atoms with Gasteiger partial charge in [-0.2, -0.15) is 0 Å². The molecule has 0 aliphatic heterocycles. The van der Waals surface area contributed by atoms with Gasteiger partial charge in [0.25, 0.3) is 0 Å². The summed E-state index contributed by atoms with van der Waals surface area (Å²) >= 11 is 7.03. The molecule has 0 radical (unpaired) electrons. The Bertz CT molecular complexity index is 706. The average Bonchev–Trinajstić information content (AvgIpc) is 2.83. The minimum atomic E-state index is 0.174. The highest BCUT2D eigenvalue weighted by Gasteiger charge is 2.06. The molecular weight excluding hydrogens is 370 g/mol. The maximum atomic E-state index is 4.21. The lowest BCUT2D eigenvalue weighted by atomic mass is 10.1. The average molecular weight is 381 g/mol. The number of fused-ring (bicyclic) bond motifs is 1. The second-order valence-electron chi connectivity index (χ2n) is 4.28. The SMILES string of the molecule is BrC(Br)c1cccc(Cn2nnc3ccccc32)c1. The molecule has 1 aromatic heterocycles. The molecule has 1 heterocycles. The van der Waals surface area contributed by atoms with Crippen molar-refractivity contribution in [2.45, 2.75) is 10.3 Å². The van der Waals surface area contributed by atoms with Crippen LogP contribution in [-0.2, 0) is 6.54 Å². The molecule has 0 aliphatic rings. The van der Waals surface area contributed by atoms with E-state index in [0.29, 0.717) is 0 Å². The molecule has 0 aliphatic carbocycles. The van der Waals surface area contributed by atoms with Crippen LogP contribution in [0.4, 0.5) is 0 Å². The number of rotatable bonds is 3. The molecule has 0 fully saturated rings. The van der Waals surface area contributed by atoms with Gasteiger partial charge in [0, 0.05) is 0 Å². The van der Waals surface area contributed by atoms with E-state index < -0.39 is 0 Å². The molecule has 19 heavy (non-hydrogen) atoms. The largest absolute Gasteiger partial charge is 0.240 e. The quantitative estimate of drug-likeness (QED) is 0.635. The van der Waals surface area contributed by atoms with E-state index in [1.165, 1.54) is 11.1 Å². The zero-order valence-corrected chi connectivity index (χ0v) is 13.2. The van der Waals surface area contributed by atoms with Gasteiger partial charge in [-0.1, -0.05) is 73.5 Å². The van der Waals surface area contributed by atoms with Crippen LogP contribution < -0.4 is 0 Å². The van der Waals surface area contributed by atoms with Gasteiger partial charge in [0.15, 0.2) is 0 Å². The summed E-state index contributed by atoms with van der Waals surface area (Å²) in [4.78, 5) is 0. The molecule has 0 spiro atoms. The van der Waals surface area contributed by atoms with Crippen molar-refractivity contribution in [3.8, 4) is 0 Å². The molecule has 5 heteroatoms. The van der Waals surface area contributed by atoms with Crippen LogP contribution in [0.1, 0.15) is 14.9 Å². The van der Waals surface area contributed by atoms with Crippen molar-refractivity contribution in [1.82, 2.24) is 15.0 Å². The molecule has 0 unspecified atom stereocenters. The van der Waals surface area contributed by atoms with E-state index in [1.807, 2.05) is 28.9 Å². The smallest absolute Gasteiger partial charge is 0.113 e. The topological polar surface area (TPSA) is 30.7 Å². The Morgan fingerprint density at radius 3 is 2.74 bits per heavy atom. The van der Waals surface area contributed by atoms with Gasteiger partial charge in [0.2, 0.25) is 0 Å². The van der Waals surface area contributed by atoms with Crippen LogP contribution in [-0.4, -0.2) is 15.0 Å². The first-order valence-corrected chi connectivity index (χ1v) is 7.72. The summed E-state index contributed by atoms with van der Waals surface area (Å²) in [5.41, 5.74) is 4.39. The fourth-order valence-electron chi connectivity index (χ4n) is 2.03. The van der Waals surface area contributed by atoms with Crippen LogP contribution >= 0.6 is 31.9 Å². The van der Waals surface area contributed by atoms with E-state index in [4.69, 9.17) is 0 Å². The normalized spacial score (nSPS) is 11.3. The predicted octanol–water partition coefficient (Wildman–Crippen LogP) is 4.27. The second kappa shape index (κ2) is 5.43. The van der Waals surface area contributed by atoms with Crippen molar-refractivity contribution in [1.29, 1.82) is 0 Å². The van der Waals surface area contributed by atoms with Crippen molar-refractivity contribution >= 4 is 42.9 Å². The summed E-state index contributed by atoms with van der Waals surface area (Å²) in [5.74, 6) is 0. The van der Waals surface area contributed by atoms with E-state index in [0.717, 1.165) is 17.6 Å². The van der Waals surface area contributed by atoms with Crippen molar-refractivity contribution < 1.29 is 0 Å². The first-order chi connectivity index (χ1) is 9.24. The number of halogens is 2. The van der Waals surface area contributed by atoms with Crippen LogP contribution in [0, 0.1) is 0 Å². The van der Waals surface area contributed by atoms with E-state index in [9.17, 15) is 0 Å². The monoisotopic (exact) mass is 379 g/mol. The summed E-state index contributed by atoms with van der Waals surface area (Å²) < 4.78 is 2.10. The van der Waals surface area contributed by atoms with Crippen LogP contribution in [0.2, 0.25) is 0 Å². The van der Waals surface area contributed by atoms with Crippen LogP contribution in [0.25, 0.3) is 11.0 Å². The van der Waals surface area contributed by atoms with Gasteiger partial charge in [-0.3, -0.25) is 0 Å². The summed E-state index contributed by atoms with van der Waals surface area (Å²) in [6, 6.07) is 16.4. The molecule has 0 bridgehead atoms. The van der Waals surface area contributed by atoms with Crippen LogP contribution in [0.5, 0.6) is 0 Å². The Labute approximate surface area is 127 Å². The molecule has 0 atom stereocenters. The maximum absolute atomic E-state index is 4.21.